The molecule has 1 aromatic heterocycles. The van der Waals surface area contributed by atoms with Gasteiger partial charge in [-0.3, -0.25) is 4.57 Å². The molecule has 0 unspecified atom stereocenters. The maximum Gasteiger partial charge on any atom is 0.161 e. The Balaban J connectivity index is 1.86. The fraction of sp³-hybridized carbons (Fsp3) is 0. The predicted octanol–water partition coefficient (Wildman–Crippen LogP) is 5.20. The van der Waals surface area contributed by atoms with Crippen molar-refractivity contribution in [3.05, 3.63) is 115 Å². The third kappa shape index (κ3) is 3.51. The molecule has 5 rings (SSSR count). The molecule has 0 radical (unpaired) electrons. The van der Waals surface area contributed by atoms with Crippen molar-refractivity contribution >= 4 is 35.1 Å². The van der Waals surface area contributed by atoms with Crippen molar-refractivity contribution in [2.24, 2.45) is 0 Å². The first-order valence-corrected chi connectivity index (χ1v) is 11.0. The van der Waals surface area contributed by atoms with Crippen molar-refractivity contribution < 1.29 is 13.2 Å². The highest BCUT2D eigenvalue weighted by Crippen LogP contribution is 2.35. The lowest BCUT2D eigenvalue weighted by Crippen LogP contribution is -2.27. The molecule has 6 heteroatoms. The second-order valence-electron chi connectivity index (χ2n) is 6.96. The standard InChI is InChI=1S/C25H16F3N2P/c26-19-15-21(28)24(16-20(19)27)30-23-14-8-7-13-22(23)29-25(30)31(17-9-3-1-4-10-17)18-11-5-2-6-12-18/h1-16H. The minimum absolute atomic E-state index is 0.0676. The van der Waals surface area contributed by atoms with Crippen LogP contribution < -0.4 is 16.2 Å². The number of para-hydroxylation sites is 2. The summed E-state index contributed by atoms with van der Waals surface area (Å²) in [5.74, 6) is -3.18. The number of rotatable bonds is 4. The van der Waals surface area contributed by atoms with Crippen molar-refractivity contribution in [1.82, 2.24) is 9.55 Å². The summed E-state index contributed by atoms with van der Waals surface area (Å²) in [6.07, 6.45) is 0. The zero-order chi connectivity index (χ0) is 21.4. The van der Waals surface area contributed by atoms with E-state index in [1.54, 1.807) is 10.6 Å². The highest BCUT2D eigenvalue weighted by atomic mass is 31.1. The Morgan fingerprint density at radius 1 is 0.613 bits per heavy atom. The molecule has 0 saturated carbocycles. The molecule has 0 spiro atoms. The van der Waals surface area contributed by atoms with E-state index in [0.29, 0.717) is 22.7 Å². The number of aromatic nitrogens is 2. The molecule has 0 N–H and O–H groups in total. The minimum Gasteiger partial charge on any atom is -0.289 e. The predicted molar refractivity (Wildman–Crippen MR) is 120 cm³/mol. The number of hydrogen-bond donors (Lipinski definition) is 0. The Labute approximate surface area is 178 Å². The molecule has 2 nitrogen and oxygen atoms in total. The maximum atomic E-state index is 14.9. The number of fused-ring (bicyclic) bond motifs is 1. The molecule has 0 atom stereocenters. The molecule has 0 bridgehead atoms. The summed E-state index contributed by atoms with van der Waals surface area (Å²) in [7, 11) is -1.20. The molecule has 4 aromatic carbocycles. The van der Waals surface area contributed by atoms with Crippen LogP contribution in [-0.4, -0.2) is 9.55 Å². The van der Waals surface area contributed by atoms with Crippen LogP contribution in [0, 0.1) is 17.5 Å². The lowest BCUT2D eigenvalue weighted by atomic mass is 10.2. The summed E-state index contributed by atoms with van der Waals surface area (Å²) < 4.78 is 44.4. The van der Waals surface area contributed by atoms with Crippen LogP contribution in [0.3, 0.4) is 0 Å². The van der Waals surface area contributed by atoms with E-state index in [2.05, 4.69) is 0 Å². The van der Waals surface area contributed by atoms with Crippen molar-refractivity contribution in [3.63, 3.8) is 0 Å². The third-order valence-electron chi connectivity index (χ3n) is 5.00. The second-order valence-corrected chi connectivity index (χ2v) is 9.06. The third-order valence-corrected chi connectivity index (χ3v) is 7.33. The van der Waals surface area contributed by atoms with Gasteiger partial charge in [-0.25, -0.2) is 18.2 Å². The van der Waals surface area contributed by atoms with Crippen LogP contribution in [0.4, 0.5) is 13.2 Å². The first-order chi connectivity index (χ1) is 15.1. The molecule has 0 amide bonds. The van der Waals surface area contributed by atoms with Crippen LogP contribution in [-0.2, 0) is 0 Å². The maximum absolute atomic E-state index is 14.9. The first-order valence-electron chi connectivity index (χ1n) is 9.66. The molecule has 1 heterocycles. The zero-order valence-electron chi connectivity index (χ0n) is 16.2. The van der Waals surface area contributed by atoms with E-state index in [-0.39, 0.29) is 5.69 Å². The van der Waals surface area contributed by atoms with Gasteiger partial charge >= 0.3 is 0 Å². The Hall–Kier alpha value is -3.43. The van der Waals surface area contributed by atoms with Gasteiger partial charge in [0, 0.05) is 20.1 Å². The summed E-state index contributed by atoms with van der Waals surface area (Å²) >= 11 is 0. The van der Waals surface area contributed by atoms with Crippen LogP contribution in [0.1, 0.15) is 0 Å². The fourth-order valence-electron chi connectivity index (χ4n) is 3.62. The van der Waals surface area contributed by atoms with E-state index in [4.69, 9.17) is 4.98 Å². The number of hydrogen-bond acceptors (Lipinski definition) is 1. The molecule has 0 aliphatic rings. The van der Waals surface area contributed by atoms with Gasteiger partial charge < -0.3 is 0 Å². The van der Waals surface area contributed by atoms with E-state index in [1.165, 1.54) is 0 Å². The lowest BCUT2D eigenvalue weighted by molar-refractivity contribution is 0.493. The molecule has 5 aromatic rings. The van der Waals surface area contributed by atoms with Gasteiger partial charge in [0.25, 0.3) is 0 Å². The normalized spacial score (nSPS) is 11.4. The number of halogens is 3. The Morgan fingerprint density at radius 2 is 1.16 bits per heavy atom. The molecule has 0 aliphatic heterocycles. The topological polar surface area (TPSA) is 17.8 Å². The fourth-order valence-corrected chi connectivity index (χ4v) is 5.94. The number of imidazole rings is 1. The van der Waals surface area contributed by atoms with Crippen LogP contribution in [0.5, 0.6) is 0 Å². The molecule has 0 fully saturated rings. The first kappa shape index (κ1) is 19.5. The van der Waals surface area contributed by atoms with Crippen LogP contribution >= 0.6 is 7.92 Å². The van der Waals surface area contributed by atoms with Gasteiger partial charge in [-0.1, -0.05) is 72.8 Å². The largest absolute Gasteiger partial charge is 0.289 e. The van der Waals surface area contributed by atoms with Gasteiger partial charge in [-0.15, -0.1) is 0 Å². The van der Waals surface area contributed by atoms with E-state index < -0.39 is 25.4 Å². The van der Waals surface area contributed by atoms with Crippen molar-refractivity contribution in [1.29, 1.82) is 0 Å². The lowest BCUT2D eigenvalue weighted by Gasteiger charge is -2.20. The number of nitrogens with zero attached hydrogens (tertiary/aromatic N) is 2. The summed E-state index contributed by atoms with van der Waals surface area (Å²) in [5.41, 5.74) is 1.79. The van der Waals surface area contributed by atoms with Crippen molar-refractivity contribution in [3.8, 4) is 5.69 Å². The number of benzene rings is 4. The van der Waals surface area contributed by atoms with E-state index in [1.807, 2.05) is 78.9 Å². The molecular formula is C25H16F3N2P. The van der Waals surface area contributed by atoms with Gasteiger partial charge in [0.2, 0.25) is 0 Å². The Bertz CT molecular complexity index is 1330. The minimum atomic E-state index is -1.22. The zero-order valence-corrected chi connectivity index (χ0v) is 17.1. The Morgan fingerprint density at radius 3 is 1.81 bits per heavy atom. The summed E-state index contributed by atoms with van der Waals surface area (Å²) in [4.78, 5) is 4.84. The SMILES string of the molecule is Fc1cc(F)c(-n2c(P(c3ccccc3)c3ccccc3)nc3ccccc32)cc1F. The smallest absolute Gasteiger partial charge is 0.161 e. The molecule has 152 valence electrons. The molecule has 31 heavy (non-hydrogen) atoms. The van der Waals surface area contributed by atoms with Crippen LogP contribution in [0.2, 0.25) is 0 Å². The average molecular weight is 432 g/mol. The molecule has 0 aliphatic carbocycles. The van der Waals surface area contributed by atoms with Gasteiger partial charge in [0.1, 0.15) is 11.4 Å². The summed E-state index contributed by atoms with van der Waals surface area (Å²) in [6.45, 7) is 0. The van der Waals surface area contributed by atoms with Crippen molar-refractivity contribution in [2.75, 3.05) is 0 Å². The van der Waals surface area contributed by atoms with Crippen LogP contribution in [0.15, 0.2) is 97.1 Å². The summed E-state index contributed by atoms with van der Waals surface area (Å²) in [6, 6.07) is 28.4. The van der Waals surface area contributed by atoms with Gasteiger partial charge in [0.15, 0.2) is 11.6 Å². The van der Waals surface area contributed by atoms with Gasteiger partial charge in [-0.2, -0.15) is 0 Å². The second kappa shape index (κ2) is 8.01. The van der Waals surface area contributed by atoms with E-state index >= 15 is 0 Å². The van der Waals surface area contributed by atoms with E-state index in [9.17, 15) is 13.2 Å². The quantitative estimate of drug-likeness (QED) is 0.282. The van der Waals surface area contributed by atoms with Gasteiger partial charge in [-0.05, 0) is 22.7 Å². The summed E-state index contributed by atoms with van der Waals surface area (Å²) in [5, 5.41) is 2.03. The van der Waals surface area contributed by atoms with Crippen LogP contribution in [0.25, 0.3) is 16.7 Å². The Kier molecular flexibility index (Phi) is 5.05. The average Bonchev–Trinajstić information content (AvgIpc) is 3.17. The van der Waals surface area contributed by atoms with E-state index in [0.717, 1.165) is 16.7 Å². The highest BCUT2D eigenvalue weighted by Gasteiger charge is 2.26. The molecule has 0 saturated heterocycles. The van der Waals surface area contributed by atoms with Gasteiger partial charge in [0.05, 0.1) is 16.7 Å². The highest BCUT2D eigenvalue weighted by molar-refractivity contribution is 7.79. The molecular weight excluding hydrogens is 416 g/mol. The monoisotopic (exact) mass is 432 g/mol. The van der Waals surface area contributed by atoms with Crippen molar-refractivity contribution in [2.45, 2.75) is 0 Å².